The summed E-state index contributed by atoms with van der Waals surface area (Å²) >= 11 is 0. The van der Waals surface area contributed by atoms with E-state index in [1.54, 1.807) is 24.3 Å². The lowest BCUT2D eigenvalue weighted by Gasteiger charge is -2.34. The smallest absolute Gasteiger partial charge is 0.332 e. The van der Waals surface area contributed by atoms with Gasteiger partial charge in [-0.2, -0.15) is 0 Å². The summed E-state index contributed by atoms with van der Waals surface area (Å²) in [7, 11) is 0. The number of likely N-dealkylation sites (tertiary alicyclic amines) is 1. The first-order valence-corrected chi connectivity index (χ1v) is 13.4. The average molecular weight is 528 g/mol. The average Bonchev–Trinajstić information content (AvgIpc) is 2.97. The molecule has 2 heterocycles. The fraction of sp³-hybridized carbons (Fsp3) is 0.323. The van der Waals surface area contributed by atoms with Crippen LogP contribution in [-0.4, -0.2) is 50.8 Å². The molecule has 8 nitrogen and oxygen atoms in total. The van der Waals surface area contributed by atoms with Gasteiger partial charge in [0.1, 0.15) is 12.6 Å². The Morgan fingerprint density at radius 2 is 1.41 bits per heavy atom. The Labute approximate surface area is 226 Å². The molecule has 1 aliphatic heterocycles. The quantitative estimate of drug-likeness (QED) is 0.336. The highest BCUT2D eigenvalue weighted by Gasteiger charge is 2.25. The Morgan fingerprint density at radius 3 is 2.03 bits per heavy atom. The number of benzene rings is 3. The van der Waals surface area contributed by atoms with Crippen LogP contribution in [0.25, 0.3) is 10.9 Å². The second kappa shape index (κ2) is 12.2. The largest absolute Gasteiger partial charge is 0.480 e. The van der Waals surface area contributed by atoms with Crippen molar-refractivity contribution >= 4 is 16.9 Å². The molecule has 1 fully saturated rings. The van der Waals surface area contributed by atoms with Crippen LogP contribution in [0.4, 0.5) is 0 Å². The van der Waals surface area contributed by atoms with Crippen molar-refractivity contribution in [2.24, 2.45) is 0 Å². The van der Waals surface area contributed by atoms with Crippen LogP contribution in [0.2, 0.25) is 0 Å². The van der Waals surface area contributed by atoms with Gasteiger partial charge in [-0.25, -0.2) is 9.36 Å². The number of ether oxygens (including phenoxy) is 1. The number of carboxylic acids is 1. The summed E-state index contributed by atoms with van der Waals surface area (Å²) in [6.45, 7) is 2.35. The summed E-state index contributed by atoms with van der Waals surface area (Å²) in [4.78, 5) is 39.4. The van der Waals surface area contributed by atoms with Crippen LogP contribution in [0.15, 0.2) is 94.5 Å². The van der Waals surface area contributed by atoms with Gasteiger partial charge in [-0.05, 0) is 49.1 Å². The highest BCUT2D eigenvalue weighted by atomic mass is 16.5. The lowest BCUT2D eigenvalue weighted by molar-refractivity contribution is -0.137. The van der Waals surface area contributed by atoms with E-state index in [4.69, 9.17) is 4.74 Å². The summed E-state index contributed by atoms with van der Waals surface area (Å²) in [5.74, 6) is -1.22. The zero-order valence-electron chi connectivity index (χ0n) is 21.8. The fourth-order valence-corrected chi connectivity index (χ4v) is 5.38. The Kier molecular flexibility index (Phi) is 8.34. The minimum absolute atomic E-state index is 0.106. The number of hydrogen-bond acceptors (Lipinski definition) is 5. The molecule has 1 N–H and O–H groups in total. The zero-order chi connectivity index (χ0) is 27.2. The molecule has 0 saturated carbocycles. The Balaban J connectivity index is 1.21. The summed E-state index contributed by atoms with van der Waals surface area (Å²) in [6, 6.07) is 27.5. The van der Waals surface area contributed by atoms with Crippen LogP contribution in [0.1, 0.15) is 36.5 Å². The third-order valence-electron chi connectivity index (χ3n) is 7.35. The van der Waals surface area contributed by atoms with Crippen LogP contribution in [0.3, 0.4) is 0 Å². The Bertz CT molecular complexity index is 1480. The first-order chi connectivity index (χ1) is 19.0. The fourth-order valence-electron chi connectivity index (χ4n) is 5.38. The molecule has 0 spiro atoms. The SMILES string of the molecule is O=C(O)Cn1c(=O)c2ccccc2n(CCCN2CCC(OC(c3ccccc3)c3ccccc3)CC2)c1=O. The van der Waals surface area contributed by atoms with E-state index >= 15 is 0 Å². The van der Waals surface area contributed by atoms with Crippen molar-refractivity contribution in [2.75, 3.05) is 19.6 Å². The van der Waals surface area contributed by atoms with E-state index in [-0.39, 0.29) is 12.2 Å². The molecule has 1 aromatic heterocycles. The molecular formula is C31H33N3O5. The third kappa shape index (κ3) is 6.19. The van der Waals surface area contributed by atoms with Crippen molar-refractivity contribution in [3.63, 3.8) is 0 Å². The maximum atomic E-state index is 13.0. The maximum Gasteiger partial charge on any atom is 0.332 e. The van der Waals surface area contributed by atoms with Gasteiger partial charge in [-0.1, -0.05) is 72.8 Å². The van der Waals surface area contributed by atoms with Gasteiger partial charge in [0.15, 0.2) is 0 Å². The summed E-state index contributed by atoms with van der Waals surface area (Å²) in [5.41, 5.74) is 1.68. The van der Waals surface area contributed by atoms with Gasteiger partial charge in [-0.3, -0.25) is 14.2 Å². The zero-order valence-corrected chi connectivity index (χ0v) is 21.8. The number of piperidine rings is 1. The van der Waals surface area contributed by atoms with Crippen molar-refractivity contribution in [3.05, 3.63) is 117 Å². The number of carbonyl (C=O) groups is 1. The van der Waals surface area contributed by atoms with E-state index in [2.05, 4.69) is 29.2 Å². The van der Waals surface area contributed by atoms with Crippen LogP contribution in [0, 0.1) is 0 Å². The van der Waals surface area contributed by atoms with E-state index in [1.165, 1.54) is 4.57 Å². The third-order valence-corrected chi connectivity index (χ3v) is 7.35. The Hall–Kier alpha value is -4.01. The lowest BCUT2D eigenvalue weighted by Crippen LogP contribution is -2.42. The van der Waals surface area contributed by atoms with Gasteiger partial charge in [0.2, 0.25) is 0 Å². The topological polar surface area (TPSA) is 93.8 Å². The normalized spacial score (nSPS) is 14.7. The standard InChI is InChI=1S/C31H33N3O5/c35-28(36)22-34-30(37)26-14-7-8-15-27(26)33(31(34)38)19-9-18-32-20-16-25(17-21-32)39-29(23-10-3-1-4-11-23)24-12-5-2-6-13-24/h1-8,10-15,25,29H,9,16-22H2,(H,35,36). The molecule has 0 unspecified atom stereocenters. The van der Waals surface area contributed by atoms with Crippen LogP contribution in [-0.2, 0) is 22.6 Å². The van der Waals surface area contributed by atoms with Gasteiger partial charge in [0.25, 0.3) is 5.56 Å². The Morgan fingerprint density at radius 1 is 0.821 bits per heavy atom. The molecule has 0 atom stereocenters. The van der Waals surface area contributed by atoms with Gasteiger partial charge in [-0.15, -0.1) is 0 Å². The van der Waals surface area contributed by atoms with E-state index in [1.807, 2.05) is 36.4 Å². The van der Waals surface area contributed by atoms with Crippen molar-refractivity contribution in [1.29, 1.82) is 0 Å². The molecule has 3 aromatic carbocycles. The van der Waals surface area contributed by atoms with Gasteiger partial charge in [0.05, 0.1) is 17.0 Å². The van der Waals surface area contributed by atoms with Gasteiger partial charge >= 0.3 is 11.7 Å². The molecule has 202 valence electrons. The van der Waals surface area contributed by atoms with Crippen LogP contribution < -0.4 is 11.2 Å². The van der Waals surface area contributed by atoms with Gasteiger partial charge in [0, 0.05) is 19.6 Å². The number of nitrogens with zero attached hydrogens (tertiary/aromatic N) is 3. The maximum absolute atomic E-state index is 13.0. The lowest BCUT2D eigenvalue weighted by atomic mass is 10.00. The molecule has 0 radical (unpaired) electrons. The molecule has 0 amide bonds. The molecule has 1 aliphatic rings. The summed E-state index contributed by atoms with van der Waals surface area (Å²) in [6.07, 6.45) is 2.59. The van der Waals surface area contributed by atoms with Crippen LogP contribution >= 0.6 is 0 Å². The second-order valence-electron chi connectivity index (χ2n) is 9.97. The number of aryl methyl sites for hydroxylation is 1. The first-order valence-electron chi connectivity index (χ1n) is 13.4. The monoisotopic (exact) mass is 527 g/mol. The van der Waals surface area contributed by atoms with Crippen molar-refractivity contribution in [3.8, 4) is 0 Å². The summed E-state index contributed by atoms with van der Waals surface area (Å²) < 4.78 is 8.99. The van der Waals surface area contributed by atoms with E-state index in [0.717, 1.165) is 48.2 Å². The number of hydrogen-bond donors (Lipinski definition) is 1. The molecule has 5 rings (SSSR count). The number of fused-ring (bicyclic) bond motifs is 1. The van der Waals surface area contributed by atoms with Crippen molar-refractivity contribution in [1.82, 2.24) is 14.0 Å². The minimum Gasteiger partial charge on any atom is -0.480 e. The first kappa shape index (κ1) is 26.6. The van der Waals surface area contributed by atoms with Crippen LogP contribution in [0.5, 0.6) is 0 Å². The number of aliphatic carboxylic acids is 1. The number of carboxylic acid groups (broad SMARTS) is 1. The minimum atomic E-state index is -1.22. The highest BCUT2D eigenvalue weighted by Crippen LogP contribution is 2.30. The summed E-state index contributed by atoms with van der Waals surface area (Å²) in [5, 5.41) is 9.56. The molecular weight excluding hydrogens is 494 g/mol. The molecule has 0 aliphatic carbocycles. The molecule has 8 heteroatoms. The second-order valence-corrected chi connectivity index (χ2v) is 9.97. The van der Waals surface area contributed by atoms with E-state index in [9.17, 15) is 19.5 Å². The van der Waals surface area contributed by atoms with Crippen molar-refractivity contribution in [2.45, 2.75) is 44.6 Å². The van der Waals surface area contributed by atoms with E-state index < -0.39 is 23.8 Å². The van der Waals surface area contributed by atoms with Gasteiger partial charge < -0.3 is 14.7 Å². The number of aromatic nitrogens is 2. The number of rotatable bonds is 10. The van der Waals surface area contributed by atoms with Crippen molar-refractivity contribution < 1.29 is 14.6 Å². The molecule has 4 aromatic rings. The molecule has 1 saturated heterocycles. The number of para-hydroxylation sites is 1. The predicted octanol–water partition coefficient (Wildman–Crippen LogP) is 3.91. The highest BCUT2D eigenvalue weighted by molar-refractivity contribution is 5.78. The van der Waals surface area contributed by atoms with E-state index in [0.29, 0.717) is 23.9 Å². The predicted molar refractivity (Wildman–Crippen MR) is 150 cm³/mol. The molecule has 0 bridgehead atoms. The molecule has 39 heavy (non-hydrogen) atoms.